The fourth-order valence-electron chi connectivity index (χ4n) is 2.03. The molecule has 1 atom stereocenters. The zero-order valence-corrected chi connectivity index (χ0v) is 13.6. The van der Waals surface area contributed by atoms with E-state index < -0.39 is 0 Å². The van der Waals surface area contributed by atoms with Gasteiger partial charge in [0, 0.05) is 24.8 Å². The maximum absolute atomic E-state index is 6.28. The normalized spacial score (nSPS) is 15.8. The van der Waals surface area contributed by atoms with Gasteiger partial charge >= 0.3 is 0 Å². The van der Waals surface area contributed by atoms with Crippen LogP contribution >= 0.6 is 23.4 Å². The molecule has 0 radical (unpaired) electrons. The lowest BCUT2D eigenvalue weighted by Crippen LogP contribution is -2.27. The van der Waals surface area contributed by atoms with E-state index in [1.54, 1.807) is 0 Å². The number of nitrogens with one attached hydrogen (secondary N) is 1. The summed E-state index contributed by atoms with van der Waals surface area (Å²) in [4.78, 5) is 0. The van der Waals surface area contributed by atoms with Crippen molar-refractivity contribution in [2.75, 3.05) is 24.7 Å². The molecule has 1 aromatic carbocycles. The summed E-state index contributed by atoms with van der Waals surface area (Å²) in [6.45, 7) is 6.52. The summed E-state index contributed by atoms with van der Waals surface area (Å²) in [5.74, 6) is 3.72. The molecule has 2 rings (SSSR count). The Morgan fingerprint density at radius 3 is 2.95 bits per heavy atom. The van der Waals surface area contributed by atoms with Crippen molar-refractivity contribution in [1.82, 2.24) is 5.32 Å². The molecule has 0 fully saturated rings. The first kappa shape index (κ1) is 15.8. The molecule has 0 aromatic heterocycles. The second kappa shape index (κ2) is 8.01. The van der Waals surface area contributed by atoms with Crippen molar-refractivity contribution < 1.29 is 9.47 Å². The Balaban J connectivity index is 1.98. The Hall–Kier alpha value is -0.580. The van der Waals surface area contributed by atoms with Crippen LogP contribution in [0.25, 0.3) is 0 Å². The number of hydrogen-bond donors (Lipinski definition) is 1. The molecule has 0 saturated carbocycles. The third kappa shape index (κ3) is 4.47. The molecule has 0 aliphatic carbocycles. The highest BCUT2D eigenvalue weighted by Gasteiger charge is 2.15. The van der Waals surface area contributed by atoms with Crippen LogP contribution in [-0.4, -0.2) is 30.8 Å². The summed E-state index contributed by atoms with van der Waals surface area (Å²) >= 11 is 8.23. The van der Waals surface area contributed by atoms with Gasteiger partial charge in [-0.1, -0.05) is 18.5 Å². The molecule has 1 aromatic rings. The summed E-state index contributed by atoms with van der Waals surface area (Å²) in [6.07, 6.45) is 0.893. The predicted octanol–water partition coefficient (Wildman–Crippen LogP) is 3.73. The minimum absolute atomic E-state index is 0.481. The van der Waals surface area contributed by atoms with Crippen LogP contribution in [0.4, 0.5) is 0 Å². The zero-order chi connectivity index (χ0) is 14.4. The van der Waals surface area contributed by atoms with Gasteiger partial charge < -0.3 is 14.8 Å². The number of halogens is 1. The fraction of sp³-hybridized carbons (Fsp3) is 0.600. The third-order valence-corrected chi connectivity index (χ3v) is 4.51. The van der Waals surface area contributed by atoms with Crippen molar-refractivity contribution in [1.29, 1.82) is 0 Å². The maximum atomic E-state index is 6.28. The van der Waals surface area contributed by atoms with Gasteiger partial charge in [0.2, 0.25) is 0 Å². The summed E-state index contributed by atoms with van der Waals surface area (Å²) < 4.78 is 11.3. The summed E-state index contributed by atoms with van der Waals surface area (Å²) in [5.41, 5.74) is 1.13. The molecule has 1 aliphatic rings. The molecule has 1 aliphatic heterocycles. The number of thioether (sulfide) groups is 1. The molecular weight excluding hydrogens is 294 g/mol. The first-order valence-corrected chi connectivity index (χ1v) is 8.63. The van der Waals surface area contributed by atoms with Crippen molar-refractivity contribution in [2.45, 2.75) is 32.9 Å². The number of hydrogen-bond acceptors (Lipinski definition) is 4. The van der Waals surface area contributed by atoms with Crippen molar-refractivity contribution in [2.24, 2.45) is 0 Å². The fourth-order valence-corrected chi connectivity index (χ4v) is 3.03. The smallest absolute Gasteiger partial charge is 0.179 e. The SMILES string of the molecule is CCSCC(C)NCc1cc(Cl)c2c(c1)OCCCO2. The molecule has 0 amide bonds. The zero-order valence-electron chi connectivity index (χ0n) is 12.1. The van der Waals surface area contributed by atoms with Gasteiger partial charge in [-0.25, -0.2) is 0 Å². The minimum atomic E-state index is 0.481. The van der Waals surface area contributed by atoms with E-state index in [9.17, 15) is 0 Å². The van der Waals surface area contributed by atoms with Gasteiger partial charge in [0.25, 0.3) is 0 Å². The van der Waals surface area contributed by atoms with E-state index >= 15 is 0 Å². The second-order valence-corrected chi connectivity index (χ2v) is 6.62. The number of fused-ring (bicyclic) bond motifs is 1. The quantitative estimate of drug-likeness (QED) is 0.866. The molecule has 0 bridgehead atoms. The summed E-state index contributed by atoms with van der Waals surface area (Å²) in [7, 11) is 0. The molecule has 0 saturated heterocycles. The molecule has 112 valence electrons. The minimum Gasteiger partial charge on any atom is -0.489 e. The molecule has 3 nitrogen and oxygen atoms in total. The Morgan fingerprint density at radius 2 is 2.15 bits per heavy atom. The van der Waals surface area contributed by atoms with Gasteiger partial charge in [-0.2, -0.15) is 11.8 Å². The molecule has 0 spiro atoms. The van der Waals surface area contributed by atoms with Crippen LogP contribution in [0.1, 0.15) is 25.8 Å². The van der Waals surface area contributed by atoms with E-state index in [1.165, 1.54) is 0 Å². The average molecular weight is 316 g/mol. The lowest BCUT2D eigenvalue weighted by Gasteiger charge is -2.15. The Kier molecular flexibility index (Phi) is 6.33. The Labute approximate surface area is 130 Å². The van der Waals surface area contributed by atoms with Gasteiger partial charge in [-0.15, -0.1) is 0 Å². The molecule has 1 heterocycles. The Morgan fingerprint density at radius 1 is 1.35 bits per heavy atom. The van der Waals surface area contributed by atoms with Crippen LogP contribution in [0.15, 0.2) is 12.1 Å². The van der Waals surface area contributed by atoms with E-state index in [0.29, 0.717) is 30.0 Å². The van der Waals surface area contributed by atoms with Crippen molar-refractivity contribution in [3.8, 4) is 11.5 Å². The molecule has 5 heteroatoms. The third-order valence-electron chi connectivity index (χ3n) is 3.09. The lowest BCUT2D eigenvalue weighted by molar-refractivity contribution is 0.297. The summed E-state index contributed by atoms with van der Waals surface area (Å²) in [5, 5.41) is 4.14. The van der Waals surface area contributed by atoms with Crippen molar-refractivity contribution in [3.63, 3.8) is 0 Å². The molecule has 1 N–H and O–H groups in total. The van der Waals surface area contributed by atoms with Gasteiger partial charge in [-0.3, -0.25) is 0 Å². The van der Waals surface area contributed by atoms with Crippen LogP contribution in [-0.2, 0) is 6.54 Å². The average Bonchev–Trinajstić information content (AvgIpc) is 2.68. The van der Waals surface area contributed by atoms with E-state index in [-0.39, 0.29) is 0 Å². The maximum Gasteiger partial charge on any atom is 0.179 e. The van der Waals surface area contributed by atoms with Crippen LogP contribution in [0.3, 0.4) is 0 Å². The second-order valence-electron chi connectivity index (χ2n) is 4.90. The van der Waals surface area contributed by atoms with Crippen molar-refractivity contribution >= 4 is 23.4 Å². The number of rotatable bonds is 6. The van der Waals surface area contributed by atoms with E-state index in [4.69, 9.17) is 21.1 Å². The van der Waals surface area contributed by atoms with E-state index in [0.717, 1.165) is 35.8 Å². The predicted molar refractivity (Wildman–Crippen MR) is 86.4 cm³/mol. The first-order chi connectivity index (χ1) is 9.70. The van der Waals surface area contributed by atoms with Gasteiger partial charge in [-0.05, 0) is 30.4 Å². The van der Waals surface area contributed by atoms with Gasteiger partial charge in [0.05, 0.1) is 18.2 Å². The van der Waals surface area contributed by atoms with Crippen LogP contribution in [0, 0.1) is 0 Å². The number of ether oxygens (including phenoxy) is 2. The summed E-state index contributed by atoms with van der Waals surface area (Å²) in [6, 6.07) is 4.47. The molecule has 20 heavy (non-hydrogen) atoms. The lowest BCUT2D eigenvalue weighted by atomic mass is 10.2. The monoisotopic (exact) mass is 315 g/mol. The molecular formula is C15H22ClNO2S. The highest BCUT2D eigenvalue weighted by atomic mass is 35.5. The molecule has 1 unspecified atom stereocenters. The van der Waals surface area contributed by atoms with E-state index in [1.807, 2.05) is 23.9 Å². The standard InChI is InChI=1S/C15H22ClNO2S/c1-3-20-10-11(2)17-9-12-7-13(16)15-14(8-12)18-5-4-6-19-15/h7-8,11,17H,3-6,9-10H2,1-2H3. The van der Waals surface area contributed by atoms with Gasteiger partial charge in [0.1, 0.15) is 0 Å². The largest absolute Gasteiger partial charge is 0.489 e. The number of benzene rings is 1. The Bertz CT molecular complexity index is 442. The first-order valence-electron chi connectivity index (χ1n) is 7.10. The van der Waals surface area contributed by atoms with Crippen molar-refractivity contribution in [3.05, 3.63) is 22.7 Å². The highest BCUT2D eigenvalue weighted by Crippen LogP contribution is 2.37. The van der Waals surface area contributed by atoms with Crippen LogP contribution < -0.4 is 14.8 Å². The topological polar surface area (TPSA) is 30.5 Å². The van der Waals surface area contributed by atoms with Crippen LogP contribution in [0.2, 0.25) is 5.02 Å². The van der Waals surface area contributed by atoms with Crippen LogP contribution in [0.5, 0.6) is 11.5 Å². The van der Waals surface area contributed by atoms with Gasteiger partial charge in [0.15, 0.2) is 11.5 Å². The highest BCUT2D eigenvalue weighted by molar-refractivity contribution is 7.99. The van der Waals surface area contributed by atoms with E-state index in [2.05, 4.69) is 19.2 Å².